The minimum atomic E-state index is -0.866. The second kappa shape index (κ2) is 10.6. The number of hydrogen-bond acceptors (Lipinski definition) is 6. The van der Waals surface area contributed by atoms with E-state index in [9.17, 15) is 14.7 Å². The fourth-order valence-corrected chi connectivity index (χ4v) is 5.00. The van der Waals surface area contributed by atoms with Crippen LogP contribution < -0.4 is 19.1 Å². The molecule has 7 nitrogen and oxygen atoms in total. The molecular weight excluding hydrogens is 482 g/mol. The molecule has 2 aliphatic heterocycles. The van der Waals surface area contributed by atoms with Gasteiger partial charge < -0.3 is 19.3 Å². The average molecular weight is 514 g/mol. The molecule has 2 heterocycles. The SMILES string of the molecule is CCOc1cccc(N2C(=O)C(=O)/C(=C(\O)c3ccc4c(c3)CCCO4)C2c2cccc(OC(C)C)c2)c1. The number of hydrogen-bond donors (Lipinski definition) is 1. The fourth-order valence-electron chi connectivity index (χ4n) is 5.00. The first-order chi connectivity index (χ1) is 18.4. The second-order valence-corrected chi connectivity index (χ2v) is 9.61. The van der Waals surface area contributed by atoms with Crippen molar-refractivity contribution in [2.45, 2.75) is 45.8 Å². The summed E-state index contributed by atoms with van der Waals surface area (Å²) in [6.07, 6.45) is 1.63. The Morgan fingerprint density at radius 1 is 1.05 bits per heavy atom. The van der Waals surface area contributed by atoms with E-state index in [0.29, 0.717) is 41.5 Å². The molecule has 1 unspecified atom stereocenters. The number of aliphatic hydroxyl groups is 1. The van der Waals surface area contributed by atoms with Crippen molar-refractivity contribution in [1.82, 2.24) is 0 Å². The number of amides is 1. The molecule has 5 rings (SSSR count). The Morgan fingerprint density at radius 2 is 1.84 bits per heavy atom. The molecule has 3 aromatic carbocycles. The van der Waals surface area contributed by atoms with Gasteiger partial charge in [-0.2, -0.15) is 0 Å². The number of nitrogens with zero attached hydrogens (tertiary/aromatic N) is 1. The summed E-state index contributed by atoms with van der Waals surface area (Å²) in [5.41, 5.74) is 2.59. The van der Waals surface area contributed by atoms with Gasteiger partial charge in [0.15, 0.2) is 0 Å². The molecular formula is C31H31NO6. The van der Waals surface area contributed by atoms with Gasteiger partial charge >= 0.3 is 0 Å². The van der Waals surface area contributed by atoms with E-state index in [1.54, 1.807) is 36.4 Å². The first kappa shape index (κ1) is 25.4. The summed E-state index contributed by atoms with van der Waals surface area (Å²) in [5.74, 6) is 0.269. The number of carbonyl (C=O) groups excluding carboxylic acids is 2. The molecule has 38 heavy (non-hydrogen) atoms. The number of carbonyl (C=O) groups is 2. The van der Waals surface area contributed by atoms with Crippen LogP contribution in [-0.2, 0) is 16.0 Å². The minimum Gasteiger partial charge on any atom is -0.507 e. The van der Waals surface area contributed by atoms with Crippen molar-refractivity contribution in [2.24, 2.45) is 0 Å². The molecule has 0 radical (unpaired) electrons. The number of anilines is 1. The Labute approximate surface area is 222 Å². The van der Waals surface area contributed by atoms with Gasteiger partial charge in [-0.25, -0.2) is 0 Å². The summed E-state index contributed by atoms with van der Waals surface area (Å²) >= 11 is 0. The third kappa shape index (κ3) is 4.84. The van der Waals surface area contributed by atoms with E-state index in [-0.39, 0.29) is 17.4 Å². The lowest BCUT2D eigenvalue weighted by Crippen LogP contribution is -2.29. The van der Waals surface area contributed by atoms with Crippen molar-refractivity contribution in [2.75, 3.05) is 18.1 Å². The van der Waals surface area contributed by atoms with Crippen LogP contribution >= 0.6 is 0 Å². The minimum absolute atomic E-state index is 0.0233. The number of benzene rings is 3. The zero-order chi connectivity index (χ0) is 26.8. The number of rotatable bonds is 7. The first-order valence-electron chi connectivity index (χ1n) is 12.9. The van der Waals surface area contributed by atoms with Gasteiger partial charge in [0.05, 0.1) is 30.9 Å². The summed E-state index contributed by atoms with van der Waals surface area (Å²) < 4.78 is 17.3. The van der Waals surface area contributed by atoms with Crippen LogP contribution in [-0.4, -0.2) is 36.1 Å². The molecule has 0 aliphatic carbocycles. The predicted molar refractivity (Wildman–Crippen MR) is 145 cm³/mol. The van der Waals surface area contributed by atoms with E-state index in [2.05, 4.69) is 0 Å². The number of ketones is 1. The maximum absolute atomic E-state index is 13.6. The highest BCUT2D eigenvalue weighted by molar-refractivity contribution is 6.51. The van der Waals surface area contributed by atoms with Gasteiger partial charge in [0, 0.05) is 17.3 Å². The van der Waals surface area contributed by atoms with E-state index in [4.69, 9.17) is 14.2 Å². The van der Waals surface area contributed by atoms with Crippen LogP contribution in [0.1, 0.15) is 49.9 Å². The first-order valence-corrected chi connectivity index (χ1v) is 12.9. The molecule has 0 spiro atoms. The summed E-state index contributed by atoms with van der Waals surface area (Å²) in [6, 6.07) is 18.8. The van der Waals surface area contributed by atoms with Crippen molar-refractivity contribution < 1.29 is 28.9 Å². The highest BCUT2D eigenvalue weighted by Gasteiger charge is 2.47. The highest BCUT2D eigenvalue weighted by atomic mass is 16.5. The molecule has 0 bridgehead atoms. The lowest BCUT2D eigenvalue weighted by atomic mass is 9.93. The maximum atomic E-state index is 13.6. The van der Waals surface area contributed by atoms with Crippen molar-refractivity contribution >= 4 is 23.1 Å². The lowest BCUT2D eigenvalue weighted by Gasteiger charge is -2.26. The molecule has 1 saturated heterocycles. The van der Waals surface area contributed by atoms with Crippen LogP contribution in [0.15, 0.2) is 72.3 Å². The average Bonchev–Trinajstić information content (AvgIpc) is 3.18. The molecule has 0 saturated carbocycles. The molecule has 1 fully saturated rings. The molecule has 196 valence electrons. The molecule has 2 aliphatic rings. The highest BCUT2D eigenvalue weighted by Crippen LogP contribution is 2.44. The topological polar surface area (TPSA) is 85.3 Å². The molecule has 1 N–H and O–H groups in total. The number of ether oxygens (including phenoxy) is 3. The Morgan fingerprint density at radius 3 is 2.63 bits per heavy atom. The van der Waals surface area contributed by atoms with Gasteiger partial charge in [0.1, 0.15) is 23.0 Å². The van der Waals surface area contributed by atoms with Gasteiger partial charge in [-0.1, -0.05) is 18.2 Å². The van der Waals surface area contributed by atoms with E-state index in [1.165, 1.54) is 4.90 Å². The molecule has 7 heteroatoms. The standard InChI is InChI=1S/C31H31NO6/c1-4-36-24-11-6-10-23(18-24)32-28(21-8-5-12-25(17-21)38-19(2)3)27(30(34)31(32)35)29(33)22-13-14-26-20(16-22)9-7-15-37-26/h5-6,8,10-14,16-19,28,33H,4,7,9,15H2,1-3H3/b29-27-. The molecule has 1 amide bonds. The van der Waals surface area contributed by atoms with Crippen LogP contribution in [0.5, 0.6) is 17.2 Å². The van der Waals surface area contributed by atoms with Crippen molar-refractivity contribution in [3.05, 3.63) is 89.0 Å². The summed E-state index contributed by atoms with van der Waals surface area (Å²) in [6.45, 7) is 6.85. The molecule has 0 aromatic heterocycles. The lowest BCUT2D eigenvalue weighted by molar-refractivity contribution is -0.132. The quantitative estimate of drug-likeness (QED) is 0.243. The molecule has 1 atom stereocenters. The Hall–Kier alpha value is -4.26. The smallest absolute Gasteiger partial charge is 0.300 e. The number of fused-ring (bicyclic) bond motifs is 1. The number of aryl methyl sites for hydroxylation is 1. The van der Waals surface area contributed by atoms with E-state index < -0.39 is 17.7 Å². The van der Waals surface area contributed by atoms with Crippen LogP contribution in [0.4, 0.5) is 5.69 Å². The van der Waals surface area contributed by atoms with Crippen LogP contribution in [0.3, 0.4) is 0 Å². The maximum Gasteiger partial charge on any atom is 0.300 e. The monoisotopic (exact) mass is 513 g/mol. The third-order valence-electron chi connectivity index (χ3n) is 6.58. The molecule has 3 aromatic rings. The Kier molecular flexibility index (Phi) is 7.09. The summed E-state index contributed by atoms with van der Waals surface area (Å²) in [7, 11) is 0. The van der Waals surface area contributed by atoms with Gasteiger partial charge in [-0.3, -0.25) is 14.5 Å². The van der Waals surface area contributed by atoms with Crippen LogP contribution in [0.2, 0.25) is 0 Å². The van der Waals surface area contributed by atoms with Crippen molar-refractivity contribution in [3.63, 3.8) is 0 Å². The largest absolute Gasteiger partial charge is 0.507 e. The zero-order valence-electron chi connectivity index (χ0n) is 21.8. The Balaban J connectivity index is 1.68. The van der Waals surface area contributed by atoms with Crippen molar-refractivity contribution in [3.8, 4) is 17.2 Å². The summed E-state index contributed by atoms with van der Waals surface area (Å²) in [4.78, 5) is 28.5. The van der Waals surface area contributed by atoms with E-state index >= 15 is 0 Å². The predicted octanol–water partition coefficient (Wildman–Crippen LogP) is 5.82. The third-order valence-corrected chi connectivity index (χ3v) is 6.58. The number of Topliss-reactive ketones (excluding diaryl/α,β-unsaturated/α-hetero) is 1. The van der Waals surface area contributed by atoms with Crippen LogP contribution in [0, 0.1) is 0 Å². The fraction of sp³-hybridized carbons (Fsp3) is 0.290. The summed E-state index contributed by atoms with van der Waals surface area (Å²) in [5, 5.41) is 11.5. The van der Waals surface area contributed by atoms with Gasteiger partial charge in [-0.15, -0.1) is 0 Å². The number of aliphatic hydroxyl groups excluding tert-OH is 1. The Bertz CT molecular complexity index is 1410. The normalized spacial score (nSPS) is 18.3. The van der Waals surface area contributed by atoms with Crippen molar-refractivity contribution in [1.29, 1.82) is 0 Å². The van der Waals surface area contributed by atoms with E-state index in [0.717, 1.165) is 24.2 Å². The van der Waals surface area contributed by atoms with E-state index in [1.807, 2.05) is 51.1 Å². The van der Waals surface area contributed by atoms with Gasteiger partial charge in [-0.05, 0) is 87.2 Å². The van der Waals surface area contributed by atoms with Gasteiger partial charge in [0.2, 0.25) is 0 Å². The zero-order valence-corrected chi connectivity index (χ0v) is 21.8. The second-order valence-electron chi connectivity index (χ2n) is 9.61. The van der Waals surface area contributed by atoms with Crippen LogP contribution in [0.25, 0.3) is 5.76 Å². The van der Waals surface area contributed by atoms with Gasteiger partial charge in [0.25, 0.3) is 11.7 Å².